The molecule has 3 nitrogen and oxygen atoms in total. The minimum absolute atomic E-state index is 0.0160. The quantitative estimate of drug-likeness (QED) is 0.730. The van der Waals surface area contributed by atoms with Crippen molar-refractivity contribution in [3.63, 3.8) is 0 Å². The Kier molecular flexibility index (Phi) is 2.69. The Balaban J connectivity index is 2.89. The molecule has 0 unspecified atom stereocenters. The van der Waals surface area contributed by atoms with Crippen LogP contribution in [0, 0.1) is 6.07 Å². The van der Waals surface area contributed by atoms with Crippen LogP contribution in [0.1, 0.15) is 5.56 Å². The first-order valence-corrected chi connectivity index (χ1v) is 3.49. The van der Waals surface area contributed by atoms with E-state index in [1.165, 1.54) is 7.11 Å². The van der Waals surface area contributed by atoms with Gasteiger partial charge >= 0.3 is 5.97 Å². The summed E-state index contributed by atoms with van der Waals surface area (Å²) in [5.41, 5.74) is 0.670. The molecule has 0 aliphatic carbocycles. The molecule has 0 saturated heterocycles. The van der Waals surface area contributed by atoms with Gasteiger partial charge in [0.2, 0.25) is 0 Å². The lowest BCUT2D eigenvalue weighted by Crippen LogP contribution is -2.01. The van der Waals surface area contributed by atoms with Gasteiger partial charge in [-0.05, 0) is 12.1 Å². The van der Waals surface area contributed by atoms with Gasteiger partial charge in [-0.1, -0.05) is 12.1 Å². The zero-order valence-corrected chi connectivity index (χ0v) is 6.70. The lowest BCUT2D eigenvalue weighted by molar-refractivity contribution is -0.136. The van der Waals surface area contributed by atoms with Crippen molar-refractivity contribution in [2.45, 2.75) is 6.42 Å². The highest BCUT2D eigenvalue weighted by molar-refractivity contribution is 5.71. The van der Waals surface area contributed by atoms with Crippen molar-refractivity contribution in [1.29, 1.82) is 0 Å². The van der Waals surface area contributed by atoms with Crippen LogP contribution in [-0.2, 0) is 11.2 Å². The van der Waals surface area contributed by atoms with Gasteiger partial charge in [0.1, 0.15) is 5.75 Å². The summed E-state index contributed by atoms with van der Waals surface area (Å²) in [5, 5.41) is 8.52. The second-order valence-corrected chi connectivity index (χ2v) is 2.31. The molecule has 0 spiro atoms. The number of methoxy groups -OCH3 is 1. The molecule has 0 saturated carbocycles. The van der Waals surface area contributed by atoms with Gasteiger partial charge in [-0.25, -0.2) is 0 Å². The Hall–Kier alpha value is -1.51. The van der Waals surface area contributed by atoms with Crippen LogP contribution in [-0.4, -0.2) is 18.2 Å². The molecule has 0 fully saturated rings. The first-order chi connectivity index (χ1) is 5.74. The van der Waals surface area contributed by atoms with Crippen LogP contribution in [0.25, 0.3) is 0 Å². The van der Waals surface area contributed by atoms with Crippen LogP contribution >= 0.6 is 0 Å². The number of hydrogen-bond acceptors (Lipinski definition) is 2. The number of carboxylic acid groups (broad SMARTS) is 1. The Morgan fingerprint density at radius 2 is 2.50 bits per heavy atom. The highest BCUT2D eigenvalue weighted by Crippen LogP contribution is 2.16. The molecule has 0 amide bonds. The molecule has 1 aromatic rings. The second kappa shape index (κ2) is 3.76. The van der Waals surface area contributed by atoms with E-state index in [2.05, 4.69) is 6.07 Å². The molecular formula is C9H9O3. The van der Waals surface area contributed by atoms with Crippen LogP contribution < -0.4 is 4.74 Å². The van der Waals surface area contributed by atoms with Gasteiger partial charge in [-0.2, -0.15) is 0 Å². The number of carbonyl (C=O) groups is 1. The number of benzene rings is 1. The summed E-state index contributed by atoms with van der Waals surface area (Å²) in [6.45, 7) is 0. The summed E-state index contributed by atoms with van der Waals surface area (Å²) in [7, 11) is 1.51. The van der Waals surface area contributed by atoms with Crippen molar-refractivity contribution < 1.29 is 14.6 Å². The van der Waals surface area contributed by atoms with Gasteiger partial charge in [0, 0.05) is 5.56 Å². The predicted octanol–water partition coefficient (Wildman–Crippen LogP) is 1.12. The van der Waals surface area contributed by atoms with E-state index < -0.39 is 5.97 Å². The minimum atomic E-state index is -0.862. The van der Waals surface area contributed by atoms with Crippen LogP contribution in [0.15, 0.2) is 18.2 Å². The molecular weight excluding hydrogens is 156 g/mol. The smallest absolute Gasteiger partial charge is 0.307 e. The van der Waals surface area contributed by atoms with E-state index in [1.54, 1.807) is 18.2 Å². The van der Waals surface area contributed by atoms with Gasteiger partial charge in [-0.3, -0.25) is 4.79 Å². The van der Waals surface area contributed by atoms with Crippen molar-refractivity contribution in [3.8, 4) is 5.75 Å². The molecule has 0 bridgehead atoms. The number of rotatable bonds is 3. The van der Waals surface area contributed by atoms with E-state index in [1.807, 2.05) is 0 Å². The summed E-state index contributed by atoms with van der Waals surface area (Å²) in [6.07, 6.45) is -0.0160. The van der Waals surface area contributed by atoms with E-state index in [0.29, 0.717) is 11.3 Å². The average molecular weight is 165 g/mol. The number of ether oxygens (including phenoxy) is 1. The molecule has 0 heterocycles. The first kappa shape index (κ1) is 8.59. The Morgan fingerprint density at radius 3 is 3.08 bits per heavy atom. The van der Waals surface area contributed by atoms with E-state index in [0.717, 1.165) is 0 Å². The zero-order valence-electron chi connectivity index (χ0n) is 6.70. The number of aliphatic carboxylic acids is 1. The first-order valence-electron chi connectivity index (χ1n) is 3.49. The lowest BCUT2D eigenvalue weighted by atomic mass is 10.1. The molecule has 1 rings (SSSR count). The molecule has 63 valence electrons. The number of carboxylic acids is 1. The van der Waals surface area contributed by atoms with E-state index in [9.17, 15) is 4.79 Å². The summed E-state index contributed by atoms with van der Waals surface area (Å²) in [4.78, 5) is 10.4. The van der Waals surface area contributed by atoms with Gasteiger partial charge in [0.05, 0.1) is 13.5 Å². The molecule has 3 heteroatoms. The summed E-state index contributed by atoms with van der Waals surface area (Å²) >= 11 is 0. The van der Waals surface area contributed by atoms with Gasteiger partial charge in [0.15, 0.2) is 0 Å². The van der Waals surface area contributed by atoms with E-state index >= 15 is 0 Å². The average Bonchev–Trinajstić information content (AvgIpc) is 2.04. The molecule has 1 radical (unpaired) electrons. The predicted molar refractivity (Wildman–Crippen MR) is 43.2 cm³/mol. The van der Waals surface area contributed by atoms with E-state index in [-0.39, 0.29) is 6.42 Å². The Bertz CT molecular complexity index is 281. The maximum atomic E-state index is 10.4. The Labute approximate surface area is 70.6 Å². The summed E-state index contributed by atoms with van der Waals surface area (Å²) < 4.78 is 4.95. The van der Waals surface area contributed by atoms with Crippen molar-refractivity contribution in [2.24, 2.45) is 0 Å². The monoisotopic (exact) mass is 165 g/mol. The van der Waals surface area contributed by atoms with Gasteiger partial charge in [0.25, 0.3) is 0 Å². The van der Waals surface area contributed by atoms with Crippen molar-refractivity contribution in [1.82, 2.24) is 0 Å². The van der Waals surface area contributed by atoms with Crippen molar-refractivity contribution >= 4 is 5.97 Å². The third-order valence-corrected chi connectivity index (χ3v) is 1.47. The molecule has 0 aliphatic rings. The fourth-order valence-electron chi connectivity index (χ4n) is 0.946. The van der Waals surface area contributed by atoms with Gasteiger partial charge in [-0.15, -0.1) is 0 Å². The third-order valence-electron chi connectivity index (χ3n) is 1.47. The standard InChI is InChI=1S/C9H9O3/c1-12-8-5-3-2-4-7(8)6-9(10)11/h2,4-5H,6H2,1H3,(H,10,11). The van der Waals surface area contributed by atoms with E-state index in [4.69, 9.17) is 9.84 Å². The molecule has 0 atom stereocenters. The maximum absolute atomic E-state index is 10.4. The van der Waals surface area contributed by atoms with Crippen molar-refractivity contribution in [3.05, 3.63) is 29.8 Å². The maximum Gasteiger partial charge on any atom is 0.307 e. The Morgan fingerprint density at radius 1 is 1.75 bits per heavy atom. The van der Waals surface area contributed by atoms with Crippen LogP contribution in [0.5, 0.6) is 5.75 Å². The molecule has 1 aromatic carbocycles. The van der Waals surface area contributed by atoms with Crippen molar-refractivity contribution in [2.75, 3.05) is 7.11 Å². The highest BCUT2D eigenvalue weighted by Gasteiger charge is 2.05. The fraction of sp³-hybridized carbons (Fsp3) is 0.222. The zero-order chi connectivity index (χ0) is 8.97. The normalized spacial score (nSPS) is 9.42. The van der Waals surface area contributed by atoms with Crippen LogP contribution in [0.4, 0.5) is 0 Å². The van der Waals surface area contributed by atoms with Gasteiger partial charge < -0.3 is 9.84 Å². The summed E-state index contributed by atoms with van der Waals surface area (Å²) in [5.74, 6) is -0.292. The second-order valence-electron chi connectivity index (χ2n) is 2.31. The molecule has 12 heavy (non-hydrogen) atoms. The molecule has 0 aliphatic heterocycles. The lowest BCUT2D eigenvalue weighted by Gasteiger charge is -2.04. The largest absolute Gasteiger partial charge is 0.496 e. The third kappa shape index (κ3) is 1.99. The topological polar surface area (TPSA) is 46.5 Å². The molecule has 1 N–H and O–H groups in total. The highest BCUT2D eigenvalue weighted by atomic mass is 16.5. The molecule has 0 aromatic heterocycles. The number of hydrogen-bond donors (Lipinski definition) is 1. The summed E-state index contributed by atoms with van der Waals surface area (Å²) in [6, 6.07) is 7.79. The SMILES string of the molecule is COc1c[c]ccc1CC(=O)O. The van der Waals surface area contributed by atoms with Crippen LogP contribution in [0.2, 0.25) is 0 Å². The van der Waals surface area contributed by atoms with Crippen LogP contribution in [0.3, 0.4) is 0 Å². The fourth-order valence-corrected chi connectivity index (χ4v) is 0.946. The minimum Gasteiger partial charge on any atom is -0.496 e.